The minimum absolute atomic E-state index is 0.337. The van der Waals surface area contributed by atoms with Gasteiger partial charge in [-0.1, -0.05) is 6.42 Å². The first kappa shape index (κ1) is 10.9. The van der Waals surface area contributed by atoms with E-state index in [1.807, 2.05) is 6.92 Å². The number of hydrogen-bond acceptors (Lipinski definition) is 4. The van der Waals surface area contributed by atoms with E-state index in [9.17, 15) is 5.11 Å². The summed E-state index contributed by atoms with van der Waals surface area (Å²) >= 11 is 1.66. The normalized spacial score (nSPS) is 25.7. The Hall–Kier alpha value is -0.610. The van der Waals surface area contributed by atoms with Gasteiger partial charge in [0.15, 0.2) is 5.13 Å². The van der Waals surface area contributed by atoms with E-state index in [4.69, 9.17) is 0 Å². The summed E-state index contributed by atoms with van der Waals surface area (Å²) in [6.45, 7) is 3.30. The summed E-state index contributed by atoms with van der Waals surface area (Å²) in [5.41, 5.74) is 1.08. The first-order valence-electron chi connectivity index (χ1n) is 5.56. The summed E-state index contributed by atoms with van der Waals surface area (Å²) in [6.07, 6.45) is 3.68. The van der Waals surface area contributed by atoms with Crippen molar-refractivity contribution in [2.45, 2.75) is 26.2 Å². The van der Waals surface area contributed by atoms with E-state index < -0.39 is 0 Å². The number of aromatic nitrogens is 1. The molecule has 15 heavy (non-hydrogen) atoms. The highest BCUT2D eigenvalue weighted by molar-refractivity contribution is 7.13. The van der Waals surface area contributed by atoms with E-state index in [1.54, 1.807) is 11.3 Å². The maximum absolute atomic E-state index is 9.20. The van der Waals surface area contributed by atoms with E-state index in [0.29, 0.717) is 18.4 Å². The highest BCUT2D eigenvalue weighted by atomic mass is 32.1. The fourth-order valence-electron chi connectivity index (χ4n) is 2.28. The minimum Gasteiger partial charge on any atom is -0.396 e. The average molecular weight is 226 g/mol. The molecule has 84 valence electrons. The second-order valence-corrected chi connectivity index (χ2v) is 5.17. The molecule has 1 fully saturated rings. The number of aliphatic hydroxyl groups excluding tert-OH is 1. The molecule has 1 heterocycles. The topological polar surface area (TPSA) is 45.1 Å². The highest BCUT2D eigenvalue weighted by Crippen LogP contribution is 2.31. The van der Waals surface area contributed by atoms with Crippen LogP contribution in [0, 0.1) is 18.8 Å². The number of thiazole rings is 1. The van der Waals surface area contributed by atoms with Crippen LogP contribution >= 0.6 is 11.3 Å². The Labute approximate surface area is 94.5 Å². The zero-order valence-electron chi connectivity index (χ0n) is 9.07. The lowest BCUT2D eigenvalue weighted by Gasteiger charge is -2.17. The largest absolute Gasteiger partial charge is 0.396 e. The third-order valence-electron chi connectivity index (χ3n) is 3.19. The van der Waals surface area contributed by atoms with E-state index in [-0.39, 0.29) is 0 Å². The van der Waals surface area contributed by atoms with Crippen LogP contribution in [0.5, 0.6) is 0 Å². The van der Waals surface area contributed by atoms with Gasteiger partial charge in [-0.15, -0.1) is 11.3 Å². The van der Waals surface area contributed by atoms with Gasteiger partial charge >= 0.3 is 0 Å². The zero-order valence-corrected chi connectivity index (χ0v) is 9.89. The standard InChI is InChI=1S/C11H18N2OS/c1-8-7-15-11(13-8)12-5-9-3-2-4-10(9)6-14/h7,9-10,14H,2-6H2,1H3,(H,12,13). The van der Waals surface area contributed by atoms with Gasteiger partial charge in [0.05, 0.1) is 5.69 Å². The fourth-order valence-corrected chi connectivity index (χ4v) is 2.97. The Morgan fingerprint density at radius 1 is 1.53 bits per heavy atom. The SMILES string of the molecule is Cc1csc(NCC2CCCC2CO)n1. The van der Waals surface area contributed by atoms with Crippen LogP contribution in [0.2, 0.25) is 0 Å². The highest BCUT2D eigenvalue weighted by Gasteiger charge is 2.26. The van der Waals surface area contributed by atoms with Crippen LogP contribution < -0.4 is 5.32 Å². The number of rotatable bonds is 4. The van der Waals surface area contributed by atoms with Gasteiger partial charge in [-0.3, -0.25) is 0 Å². The molecule has 0 spiro atoms. The molecule has 1 saturated carbocycles. The van der Waals surface area contributed by atoms with Crippen LogP contribution in [0.3, 0.4) is 0 Å². The van der Waals surface area contributed by atoms with Gasteiger partial charge in [-0.2, -0.15) is 0 Å². The van der Waals surface area contributed by atoms with Crippen molar-refractivity contribution in [2.75, 3.05) is 18.5 Å². The second kappa shape index (κ2) is 4.94. The first-order chi connectivity index (χ1) is 7.29. The van der Waals surface area contributed by atoms with Crippen LogP contribution in [-0.4, -0.2) is 23.2 Å². The number of hydrogen-bond donors (Lipinski definition) is 2. The van der Waals surface area contributed by atoms with E-state index in [2.05, 4.69) is 15.7 Å². The van der Waals surface area contributed by atoms with E-state index >= 15 is 0 Å². The van der Waals surface area contributed by atoms with Crippen molar-refractivity contribution in [1.82, 2.24) is 4.98 Å². The van der Waals surface area contributed by atoms with Gasteiger partial charge in [0.2, 0.25) is 0 Å². The Bertz CT molecular complexity index is 313. The van der Waals surface area contributed by atoms with Gasteiger partial charge in [0.25, 0.3) is 0 Å². The molecular weight excluding hydrogens is 208 g/mol. The Kier molecular flexibility index (Phi) is 3.59. The number of aryl methyl sites for hydroxylation is 1. The summed E-state index contributed by atoms with van der Waals surface area (Å²) in [5, 5.41) is 15.6. The summed E-state index contributed by atoms with van der Waals surface area (Å²) in [7, 11) is 0. The van der Waals surface area contributed by atoms with Crippen LogP contribution in [0.25, 0.3) is 0 Å². The smallest absolute Gasteiger partial charge is 0.182 e. The van der Waals surface area contributed by atoms with Crippen LogP contribution in [0.15, 0.2) is 5.38 Å². The third-order valence-corrected chi connectivity index (χ3v) is 4.10. The third kappa shape index (κ3) is 2.69. The monoisotopic (exact) mass is 226 g/mol. The predicted molar refractivity (Wildman–Crippen MR) is 63.3 cm³/mol. The van der Waals surface area contributed by atoms with Crippen molar-refractivity contribution in [3.63, 3.8) is 0 Å². The molecule has 2 atom stereocenters. The van der Waals surface area contributed by atoms with Crippen molar-refractivity contribution in [3.05, 3.63) is 11.1 Å². The first-order valence-corrected chi connectivity index (χ1v) is 6.44. The molecule has 2 N–H and O–H groups in total. The molecule has 4 heteroatoms. The van der Waals surface area contributed by atoms with Crippen LogP contribution in [0.4, 0.5) is 5.13 Å². The molecule has 1 aromatic heterocycles. The van der Waals surface area contributed by atoms with Crippen molar-refractivity contribution in [1.29, 1.82) is 0 Å². The van der Waals surface area contributed by atoms with Crippen molar-refractivity contribution in [3.8, 4) is 0 Å². The predicted octanol–water partition coefficient (Wildman–Crippen LogP) is 2.27. The molecule has 0 bridgehead atoms. The lowest BCUT2D eigenvalue weighted by Crippen LogP contribution is -2.20. The maximum atomic E-state index is 9.20. The Morgan fingerprint density at radius 3 is 3.00 bits per heavy atom. The summed E-state index contributed by atoms with van der Waals surface area (Å²) < 4.78 is 0. The molecular formula is C11H18N2OS. The number of nitrogens with one attached hydrogen (secondary N) is 1. The van der Waals surface area contributed by atoms with Crippen LogP contribution in [0.1, 0.15) is 25.0 Å². The quantitative estimate of drug-likeness (QED) is 0.828. The average Bonchev–Trinajstić information content (AvgIpc) is 2.83. The summed E-state index contributed by atoms with van der Waals surface area (Å²) in [5.74, 6) is 1.12. The molecule has 1 aliphatic rings. The van der Waals surface area contributed by atoms with Crippen molar-refractivity contribution < 1.29 is 5.11 Å². The number of aliphatic hydroxyl groups is 1. The summed E-state index contributed by atoms with van der Waals surface area (Å²) in [4.78, 5) is 4.37. The Balaban J connectivity index is 1.82. The number of nitrogens with zero attached hydrogens (tertiary/aromatic N) is 1. The van der Waals surface area contributed by atoms with Gasteiger partial charge in [0.1, 0.15) is 0 Å². The molecule has 0 amide bonds. The molecule has 0 aliphatic heterocycles. The minimum atomic E-state index is 0.337. The van der Waals surface area contributed by atoms with Crippen LogP contribution in [-0.2, 0) is 0 Å². The van der Waals surface area contributed by atoms with Crippen molar-refractivity contribution >= 4 is 16.5 Å². The molecule has 3 nitrogen and oxygen atoms in total. The van der Waals surface area contributed by atoms with Gasteiger partial charge < -0.3 is 10.4 Å². The number of anilines is 1. The molecule has 1 aromatic rings. The molecule has 0 radical (unpaired) electrons. The molecule has 1 aliphatic carbocycles. The van der Waals surface area contributed by atoms with E-state index in [0.717, 1.165) is 17.4 Å². The molecule has 0 saturated heterocycles. The van der Waals surface area contributed by atoms with Gasteiger partial charge in [-0.25, -0.2) is 4.98 Å². The zero-order chi connectivity index (χ0) is 10.7. The van der Waals surface area contributed by atoms with Crippen molar-refractivity contribution in [2.24, 2.45) is 11.8 Å². The second-order valence-electron chi connectivity index (χ2n) is 4.31. The maximum Gasteiger partial charge on any atom is 0.182 e. The Morgan fingerprint density at radius 2 is 2.33 bits per heavy atom. The van der Waals surface area contributed by atoms with Gasteiger partial charge in [0, 0.05) is 18.5 Å². The summed E-state index contributed by atoms with van der Waals surface area (Å²) in [6, 6.07) is 0. The lowest BCUT2D eigenvalue weighted by molar-refractivity contribution is 0.199. The lowest BCUT2D eigenvalue weighted by atomic mass is 9.97. The molecule has 2 rings (SSSR count). The molecule has 0 aromatic carbocycles. The van der Waals surface area contributed by atoms with E-state index in [1.165, 1.54) is 19.3 Å². The van der Waals surface area contributed by atoms with Gasteiger partial charge in [-0.05, 0) is 31.6 Å². The molecule has 2 unspecified atom stereocenters. The fraction of sp³-hybridized carbons (Fsp3) is 0.727.